The molecule has 0 amide bonds. The lowest BCUT2D eigenvalue weighted by Crippen LogP contribution is -2.16. The van der Waals surface area contributed by atoms with Crippen molar-refractivity contribution in [2.45, 2.75) is 32.6 Å². The maximum absolute atomic E-state index is 11.8. The zero-order chi connectivity index (χ0) is 12.3. The van der Waals surface area contributed by atoms with Crippen molar-refractivity contribution in [3.63, 3.8) is 0 Å². The first-order valence-electron chi connectivity index (χ1n) is 6.05. The van der Waals surface area contributed by atoms with E-state index < -0.39 is 0 Å². The van der Waals surface area contributed by atoms with E-state index in [1.54, 1.807) is 11.3 Å². The van der Waals surface area contributed by atoms with Crippen molar-refractivity contribution in [1.29, 1.82) is 0 Å². The molecule has 1 aromatic rings. The van der Waals surface area contributed by atoms with Crippen LogP contribution < -0.4 is 0 Å². The van der Waals surface area contributed by atoms with E-state index in [9.17, 15) is 4.79 Å². The molecule has 0 bridgehead atoms. The van der Waals surface area contributed by atoms with E-state index in [0.717, 1.165) is 19.3 Å². The molecule has 0 fully saturated rings. The van der Waals surface area contributed by atoms with Crippen molar-refractivity contribution < 1.29 is 4.79 Å². The molecular formula is C15H18OS. The molecule has 0 N–H and O–H groups in total. The third-order valence-corrected chi connectivity index (χ3v) is 4.39. The minimum absolute atomic E-state index is 0.0682. The van der Waals surface area contributed by atoms with Crippen LogP contribution in [0.5, 0.6) is 0 Å². The summed E-state index contributed by atoms with van der Waals surface area (Å²) in [5.41, 5.74) is 1.27. The maximum atomic E-state index is 11.8. The predicted molar refractivity (Wildman–Crippen MR) is 74.1 cm³/mol. The minimum Gasteiger partial charge on any atom is -0.295 e. The van der Waals surface area contributed by atoms with Gasteiger partial charge in [-0.3, -0.25) is 4.79 Å². The van der Waals surface area contributed by atoms with Gasteiger partial charge in [-0.25, -0.2) is 0 Å². The molecule has 0 radical (unpaired) electrons. The van der Waals surface area contributed by atoms with Gasteiger partial charge in [0, 0.05) is 11.3 Å². The number of rotatable bonds is 3. The molecule has 1 atom stereocenters. The number of allylic oxidation sites excluding steroid dienone is 3. The highest BCUT2D eigenvalue weighted by atomic mass is 32.1. The lowest BCUT2D eigenvalue weighted by atomic mass is 9.75. The first kappa shape index (κ1) is 12.3. The number of carbonyl (C=O) groups excluding carboxylic acids is 1. The van der Waals surface area contributed by atoms with Crippen molar-refractivity contribution in [1.82, 2.24) is 0 Å². The molecule has 1 aromatic heterocycles. The van der Waals surface area contributed by atoms with Gasteiger partial charge < -0.3 is 0 Å². The highest BCUT2D eigenvalue weighted by Gasteiger charge is 2.31. The van der Waals surface area contributed by atoms with Gasteiger partial charge in [0.15, 0.2) is 5.78 Å². The molecule has 0 saturated heterocycles. The molecule has 0 aliphatic heterocycles. The molecule has 2 rings (SSSR count). The summed E-state index contributed by atoms with van der Waals surface area (Å²) in [6.45, 7) is 6.11. The van der Waals surface area contributed by atoms with Gasteiger partial charge in [0.25, 0.3) is 0 Å². The van der Waals surface area contributed by atoms with Crippen molar-refractivity contribution >= 4 is 22.7 Å². The number of ketones is 1. The number of carbonyl (C=O) groups is 1. The van der Waals surface area contributed by atoms with E-state index >= 15 is 0 Å². The van der Waals surface area contributed by atoms with Crippen LogP contribution in [0.3, 0.4) is 0 Å². The zero-order valence-corrected chi connectivity index (χ0v) is 11.1. The number of thiophene rings is 1. The molecule has 0 aromatic carbocycles. The van der Waals surface area contributed by atoms with Gasteiger partial charge >= 0.3 is 0 Å². The average molecular weight is 246 g/mol. The Bertz CT molecular complexity index is 441. The van der Waals surface area contributed by atoms with Crippen LogP contribution in [-0.4, -0.2) is 5.78 Å². The summed E-state index contributed by atoms with van der Waals surface area (Å²) in [6.07, 6.45) is 7.49. The second-order valence-corrected chi connectivity index (χ2v) is 5.86. The SMILES string of the molecule is C=CC[C@]1(C)CCCC(=O)C=C1c1cccs1. The molecule has 1 aliphatic carbocycles. The van der Waals surface area contributed by atoms with Crippen molar-refractivity contribution in [3.8, 4) is 0 Å². The molecule has 90 valence electrons. The van der Waals surface area contributed by atoms with E-state index in [-0.39, 0.29) is 11.2 Å². The number of hydrogen-bond acceptors (Lipinski definition) is 2. The lowest BCUT2D eigenvalue weighted by molar-refractivity contribution is -0.114. The monoisotopic (exact) mass is 246 g/mol. The van der Waals surface area contributed by atoms with Crippen LogP contribution in [0.25, 0.3) is 5.57 Å². The summed E-state index contributed by atoms with van der Waals surface area (Å²) >= 11 is 1.71. The van der Waals surface area contributed by atoms with E-state index in [0.29, 0.717) is 6.42 Å². The molecule has 0 saturated carbocycles. The molecular weight excluding hydrogens is 228 g/mol. The van der Waals surface area contributed by atoms with E-state index in [1.807, 2.05) is 18.2 Å². The summed E-state index contributed by atoms with van der Waals surface area (Å²) in [4.78, 5) is 13.0. The first-order chi connectivity index (χ1) is 8.15. The maximum Gasteiger partial charge on any atom is 0.156 e. The first-order valence-corrected chi connectivity index (χ1v) is 6.93. The Morgan fingerprint density at radius 3 is 3.06 bits per heavy atom. The Kier molecular flexibility index (Phi) is 3.63. The highest BCUT2D eigenvalue weighted by Crippen LogP contribution is 2.45. The smallest absolute Gasteiger partial charge is 0.156 e. The summed E-state index contributed by atoms with van der Waals surface area (Å²) in [5.74, 6) is 0.265. The second-order valence-electron chi connectivity index (χ2n) is 4.91. The Morgan fingerprint density at radius 2 is 2.41 bits per heavy atom. The van der Waals surface area contributed by atoms with Crippen LogP contribution in [0.2, 0.25) is 0 Å². The van der Waals surface area contributed by atoms with Gasteiger partial charge in [0.2, 0.25) is 0 Å². The fourth-order valence-electron chi connectivity index (χ4n) is 2.53. The average Bonchev–Trinajstić information content (AvgIpc) is 2.74. The third kappa shape index (κ3) is 2.58. The Labute approximate surface area is 107 Å². The van der Waals surface area contributed by atoms with Gasteiger partial charge in [-0.05, 0) is 47.8 Å². The summed E-state index contributed by atoms with van der Waals surface area (Å²) in [7, 11) is 0. The quantitative estimate of drug-likeness (QED) is 0.719. The van der Waals surface area contributed by atoms with Gasteiger partial charge in [-0.1, -0.05) is 19.1 Å². The Balaban J connectivity index is 2.45. The van der Waals surface area contributed by atoms with Crippen molar-refractivity contribution in [3.05, 3.63) is 41.1 Å². The van der Waals surface area contributed by atoms with Crippen LogP contribution in [-0.2, 0) is 4.79 Å². The summed E-state index contributed by atoms with van der Waals surface area (Å²) in [5, 5.41) is 2.07. The van der Waals surface area contributed by atoms with E-state index in [1.165, 1.54) is 10.5 Å². The van der Waals surface area contributed by atoms with Gasteiger partial charge in [0.1, 0.15) is 0 Å². The molecule has 1 heterocycles. The van der Waals surface area contributed by atoms with Crippen LogP contribution >= 0.6 is 11.3 Å². The van der Waals surface area contributed by atoms with Gasteiger partial charge in [0.05, 0.1) is 0 Å². The molecule has 2 heteroatoms. The Morgan fingerprint density at radius 1 is 1.59 bits per heavy atom. The topological polar surface area (TPSA) is 17.1 Å². The lowest BCUT2D eigenvalue weighted by Gasteiger charge is -2.29. The molecule has 0 unspecified atom stereocenters. The molecule has 17 heavy (non-hydrogen) atoms. The van der Waals surface area contributed by atoms with Crippen molar-refractivity contribution in [2.75, 3.05) is 0 Å². The summed E-state index contributed by atoms with van der Waals surface area (Å²) in [6, 6.07) is 4.15. The third-order valence-electron chi connectivity index (χ3n) is 3.49. The van der Waals surface area contributed by atoms with Gasteiger partial charge in [-0.15, -0.1) is 17.9 Å². The standard InChI is InChI=1S/C15H18OS/c1-3-8-15(2)9-4-6-12(16)11-13(15)14-7-5-10-17-14/h3,5,7,10-11H,1,4,6,8-9H2,2H3/t15-/m1/s1. The zero-order valence-electron chi connectivity index (χ0n) is 10.2. The minimum atomic E-state index is 0.0682. The molecule has 0 spiro atoms. The second kappa shape index (κ2) is 5.01. The summed E-state index contributed by atoms with van der Waals surface area (Å²) < 4.78 is 0. The number of hydrogen-bond donors (Lipinski definition) is 0. The van der Waals surface area contributed by atoms with Crippen molar-refractivity contribution in [2.24, 2.45) is 5.41 Å². The Hall–Kier alpha value is -1.15. The molecule has 1 nitrogen and oxygen atoms in total. The highest BCUT2D eigenvalue weighted by molar-refractivity contribution is 7.11. The van der Waals surface area contributed by atoms with Crippen LogP contribution in [0.15, 0.2) is 36.2 Å². The van der Waals surface area contributed by atoms with Crippen LogP contribution in [0, 0.1) is 5.41 Å². The fraction of sp³-hybridized carbons (Fsp3) is 0.400. The predicted octanol–water partition coefficient (Wildman–Crippen LogP) is 4.47. The van der Waals surface area contributed by atoms with E-state index in [4.69, 9.17) is 0 Å². The molecule has 1 aliphatic rings. The fourth-order valence-corrected chi connectivity index (χ4v) is 3.42. The normalized spacial score (nSPS) is 25.2. The van der Waals surface area contributed by atoms with Gasteiger partial charge in [-0.2, -0.15) is 0 Å². The largest absolute Gasteiger partial charge is 0.295 e. The van der Waals surface area contributed by atoms with E-state index in [2.05, 4.69) is 24.9 Å². The van der Waals surface area contributed by atoms with Crippen LogP contribution in [0.1, 0.15) is 37.5 Å². The van der Waals surface area contributed by atoms with Crippen LogP contribution in [0.4, 0.5) is 0 Å².